The molecular formula is C31H33N3O6. The number of alkyl carbamates (subject to hydrolysis) is 1. The molecule has 1 aliphatic carbocycles. The van der Waals surface area contributed by atoms with Gasteiger partial charge in [-0.1, -0.05) is 78.9 Å². The Labute approximate surface area is 232 Å². The molecule has 2 aliphatic rings. The second-order valence-electron chi connectivity index (χ2n) is 10.4. The number of carboxylic acids is 1. The van der Waals surface area contributed by atoms with E-state index in [1.807, 2.05) is 66.7 Å². The maximum Gasteiger partial charge on any atom is 0.408 e. The Morgan fingerprint density at radius 2 is 1.48 bits per heavy atom. The molecule has 3 aromatic rings. The zero-order chi connectivity index (χ0) is 28.1. The van der Waals surface area contributed by atoms with Crippen LogP contribution in [0.1, 0.15) is 35.4 Å². The molecular weight excluding hydrogens is 510 g/mol. The lowest BCUT2D eigenvalue weighted by Gasteiger charge is -2.41. The number of aliphatic hydroxyl groups is 1. The van der Waals surface area contributed by atoms with Crippen molar-refractivity contribution in [1.29, 1.82) is 0 Å². The first-order chi connectivity index (χ1) is 19.4. The Balaban J connectivity index is 1.27. The number of piperidine rings is 1. The van der Waals surface area contributed by atoms with Crippen LogP contribution in [0.3, 0.4) is 0 Å². The molecule has 1 saturated heterocycles. The van der Waals surface area contributed by atoms with Crippen molar-refractivity contribution in [2.75, 3.05) is 26.2 Å². The van der Waals surface area contributed by atoms with Crippen molar-refractivity contribution in [2.24, 2.45) is 0 Å². The van der Waals surface area contributed by atoms with E-state index in [9.17, 15) is 19.5 Å². The number of aliphatic carboxylic acids is 1. The number of carboxylic acid groups (broad SMARTS) is 1. The number of nitrogens with zero attached hydrogens (tertiary/aromatic N) is 1. The number of carbonyl (C=O) groups excluding carboxylic acids is 2. The average Bonchev–Trinajstić information content (AvgIpc) is 3.29. The van der Waals surface area contributed by atoms with Crippen LogP contribution < -0.4 is 10.6 Å². The molecule has 0 bridgehead atoms. The highest BCUT2D eigenvalue weighted by molar-refractivity contribution is 5.90. The summed E-state index contributed by atoms with van der Waals surface area (Å²) in [6.45, 7) is 1.42. The zero-order valence-corrected chi connectivity index (χ0v) is 22.1. The number of likely N-dealkylation sites (tertiary alicyclic amines) is 1. The van der Waals surface area contributed by atoms with Crippen molar-refractivity contribution in [2.45, 2.75) is 36.9 Å². The van der Waals surface area contributed by atoms with Crippen LogP contribution in [0.4, 0.5) is 4.79 Å². The molecule has 4 N–H and O–H groups in total. The van der Waals surface area contributed by atoms with Crippen molar-refractivity contribution in [1.82, 2.24) is 15.5 Å². The van der Waals surface area contributed by atoms with Crippen LogP contribution in [0.2, 0.25) is 0 Å². The molecule has 9 nitrogen and oxygen atoms in total. The van der Waals surface area contributed by atoms with Crippen LogP contribution in [0.25, 0.3) is 11.1 Å². The number of nitrogens with one attached hydrogen (secondary N) is 2. The molecule has 0 saturated carbocycles. The summed E-state index contributed by atoms with van der Waals surface area (Å²) in [6, 6.07) is 26.1. The standard InChI is InChI=1S/C31H33N3O6/c35-27(28(36)37)18-32-29(38)31(14-16-34(17-15-31)19-21-8-2-1-3-9-21)33-30(39)40-20-26-24-12-6-4-10-22(24)23-11-5-7-13-25(23)26/h1-13,26-27,35H,14-20H2,(H,32,38)(H,33,39)(H,36,37). The molecule has 2 amide bonds. The van der Waals surface area contributed by atoms with Gasteiger partial charge in [-0.3, -0.25) is 9.69 Å². The molecule has 0 radical (unpaired) electrons. The number of amides is 2. The number of hydrogen-bond donors (Lipinski definition) is 4. The largest absolute Gasteiger partial charge is 0.479 e. The van der Waals surface area contributed by atoms with Crippen molar-refractivity contribution in [3.63, 3.8) is 0 Å². The third kappa shape index (κ3) is 5.85. The number of fused-ring (bicyclic) bond motifs is 3. The third-order valence-electron chi connectivity index (χ3n) is 7.82. The number of carbonyl (C=O) groups is 3. The van der Waals surface area contributed by atoms with Gasteiger partial charge in [0.2, 0.25) is 5.91 Å². The molecule has 0 spiro atoms. The van der Waals surface area contributed by atoms with Gasteiger partial charge in [0.05, 0.1) is 6.54 Å². The van der Waals surface area contributed by atoms with E-state index in [2.05, 4.69) is 27.7 Å². The fourth-order valence-corrected chi connectivity index (χ4v) is 5.62. The van der Waals surface area contributed by atoms with Crippen LogP contribution in [0.5, 0.6) is 0 Å². The number of ether oxygens (including phenoxy) is 1. The highest BCUT2D eigenvalue weighted by Gasteiger charge is 2.43. The van der Waals surface area contributed by atoms with Gasteiger partial charge < -0.3 is 25.6 Å². The molecule has 1 heterocycles. The maximum absolute atomic E-state index is 13.3. The van der Waals surface area contributed by atoms with Gasteiger partial charge in [0.25, 0.3) is 0 Å². The lowest BCUT2D eigenvalue weighted by atomic mass is 9.86. The topological polar surface area (TPSA) is 128 Å². The highest BCUT2D eigenvalue weighted by atomic mass is 16.5. The van der Waals surface area contributed by atoms with Gasteiger partial charge in [0.1, 0.15) is 12.1 Å². The number of aliphatic hydroxyl groups excluding tert-OH is 1. The molecule has 1 unspecified atom stereocenters. The van der Waals surface area contributed by atoms with E-state index in [1.165, 1.54) is 0 Å². The number of hydrogen-bond acceptors (Lipinski definition) is 6. The summed E-state index contributed by atoms with van der Waals surface area (Å²) >= 11 is 0. The predicted molar refractivity (Wildman–Crippen MR) is 149 cm³/mol. The van der Waals surface area contributed by atoms with Gasteiger partial charge in [-0.15, -0.1) is 0 Å². The highest BCUT2D eigenvalue weighted by Crippen LogP contribution is 2.44. The number of benzene rings is 3. The molecule has 40 heavy (non-hydrogen) atoms. The Kier molecular flexibility index (Phi) is 8.14. The Morgan fingerprint density at radius 3 is 2.08 bits per heavy atom. The van der Waals surface area contributed by atoms with Crippen molar-refractivity contribution < 1.29 is 29.3 Å². The quantitative estimate of drug-likeness (QED) is 0.327. The van der Waals surface area contributed by atoms with E-state index >= 15 is 0 Å². The Bertz CT molecular complexity index is 1320. The zero-order valence-electron chi connectivity index (χ0n) is 22.1. The summed E-state index contributed by atoms with van der Waals surface area (Å²) in [5.74, 6) is -2.10. The van der Waals surface area contributed by atoms with Gasteiger partial charge in [0, 0.05) is 25.6 Å². The summed E-state index contributed by atoms with van der Waals surface area (Å²) in [4.78, 5) is 39.7. The summed E-state index contributed by atoms with van der Waals surface area (Å²) in [5, 5.41) is 24.0. The normalized spacial score (nSPS) is 16.8. The van der Waals surface area contributed by atoms with Gasteiger partial charge in [0.15, 0.2) is 6.10 Å². The molecule has 1 aliphatic heterocycles. The van der Waals surface area contributed by atoms with Crippen LogP contribution in [-0.2, 0) is 20.9 Å². The molecule has 1 atom stereocenters. The Morgan fingerprint density at radius 1 is 0.900 bits per heavy atom. The van der Waals surface area contributed by atoms with Gasteiger partial charge in [-0.25, -0.2) is 9.59 Å². The second kappa shape index (κ2) is 11.9. The maximum atomic E-state index is 13.3. The van der Waals surface area contributed by atoms with E-state index in [0.717, 1.165) is 27.8 Å². The fraction of sp³-hybridized carbons (Fsp3) is 0.323. The van der Waals surface area contributed by atoms with Crippen molar-refractivity contribution >= 4 is 18.0 Å². The summed E-state index contributed by atoms with van der Waals surface area (Å²) in [6.07, 6.45) is -1.85. The minimum absolute atomic E-state index is 0.107. The summed E-state index contributed by atoms with van der Waals surface area (Å²) in [5.41, 5.74) is 4.25. The van der Waals surface area contributed by atoms with E-state index in [-0.39, 0.29) is 12.5 Å². The van der Waals surface area contributed by atoms with Crippen molar-refractivity contribution in [3.05, 3.63) is 95.6 Å². The van der Waals surface area contributed by atoms with E-state index in [1.54, 1.807) is 0 Å². The number of rotatable bonds is 9. The van der Waals surface area contributed by atoms with Gasteiger partial charge in [-0.05, 0) is 40.7 Å². The van der Waals surface area contributed by atoms with Crippen LogP contribution in [-0.4, -0.2) is 71.0 Å². The first-order valence-corrected chi connectivity index (χ1v) is 13.4. The first kappa shape index (κ1) is 27.4. The molecule has 1 fully saturated rings. The monoisotopic (exact) mass is 543 g/mol. The Hall–Kier alpha value is -4.21. The first-order valence-electron chi connectivity index (χ1n) is 13.4. The molecule has 9 heteroatoms. The van der Waals surface area contributed by atoms with Gasteiger partial charge in [-0.2, -0.15) is 0 Å². The van der Waals surface area contributed by atoms with Crippen LogP contribution in [0, 0.1) is 0 Å². The second-order valence-corrected chi connectivity index (χ2v) is 10.4. The van der Waals surface area contributed by atoms with Gasteiger partial charge >= 0.3 is 12.1 Å². The average molecular weight is 544 g/mol. The SMILES string of the molecule is O=C(NC1(C(=O)NCC(O)C(=O)O)CCN(Cc2ccccc2)CC1)OCC1c2ccccc2-c2ccccc21. The summed E-state index contributed by atoms with van der Waals surface area (Å²) in [7, 11) is 0. The predicted octanol–water partition coefficient (Wildman–Crippen LogP) is 3.12. The molecule has 5 rings (SSSR count). The molecule has 3 aromatic carbocycles. The lowest BCUT2D eigenvalue weighted by Crippen LogP contribution is -2.64. The fourth-order valence-electron chi connectivity index (χ4n) is 5.62. The van der Waals surface area contributed by atoms with E-state index < -0.39 is 36.2 Å². The summed E-state index contributed by atoms with van der Waals surface area (Å²) < 4.78 is 5.72. The van der Waals surface area contributed by atoms with Crippen molar-refractivity contribution in [3.8, 4) is 11.1 Å². The minimum atomic E-state index is -1.74. The minimum Gasteiger partial charge on any atom is -0.479 e. The van der Waals surface area contributed by atoms with Crippen LogP contribution >= 0.6 is 0 Å². The van der Waals surface area contributed by atoms with Crippen LogP contribution in [0.15, 0.2) is 78.9 Å². The molecule has 208 valence electrons. The molecule has 0 aromatic heterocycles. The smallest absolute Gasteiger partial charge is 0.408 e. The third-order valence-corrected chi connectivity index (χ3v) is 7.82. The lowest BCUT2D eigenvalue weighted by molar-refractivity contribution is -0.146. The van der Waals surface area contributed by atoms with E-state index in [4.69, 9.17) is 9.84 Å². The van der Waals surface area contributed by atoms with E-state index in [0.29, 0.717) is 32.5 Å².